The Balaban J connectivity index is 0.00000144. The summed E-state index contributed by atoms with van der Waals surface area (Å²) in [6, 6.07) is 7.99. The zero-order valence-electron chi connectivity index (χ0n) is 19.3. The number of anilines is 1. The maximum absolute atomic E-state index is 13.1. The molecule has 0 radical (unpaired) electrons. The fourth-order valence-electron chi connectivity index (χ4n) is 5.01. The molecule has 2 amide bonds. The standard InChI is InChI=1S/C25H23N5O3.2ClH/c1-29(2)23-16-7-11-33-22(16)17(12-27-23)19-20(25(32)28-24(19)31)18-13-30-10-9-26-8-6-14-4-3-5-15(18)21(14)30;;/h3-5,7,11-13,26H,6,8-10H2,1-2H3,(H,28,31,32);2*1H. The Kier molecular flexibility index (Phi) is 6.64. The molecule has 0 fully saturated rings. The second kappa shape index (κ2) is 9.37. The Bertz CT molecular complexity index is 1500. The first-order chi connectivity index (χ1) is 16.0. The van der Waals surface area contributed by atoms with Gasteiger partial charge < -0.3 is 19.2 Å². The second-order valence-corrected chi connectivity index (χ2v) is 8.64. The summed E-state index contributed by atoms with van der Waals surface area (Å²) in [5.41, 5.74) is 4.82. The number of nitrogens with one attached hydrogen (secondary N) is 2. The van der Waals surface area contributed by atoms with Gasteiger partial charge in [-0.3, -0.25) is 14.9 Å². The summed E-state index contributed by atoms with van der Waals surface area (Å²) >= 11 is 0. The Hall–Kier alpha value is -3.33. The number of halogens is 2. The first-order valence-electron chi connectivity index (χ1n) is 11.0. The highest BCUT2D eigenvalue weighted by atomic mass is 35.5. The largest absolute Gasteiger partial charge is 0.463 e. The van der Waals surface area contributed by atoms with Crippen LogP contribution in [-0.2, 0) is 22.6 Å². The molecule has 0 unspecified atom stereocenters. The van der Waals surface area contributed by atoms with E-state index in [4.69, 9.17) is 4.42 Å². The summed E-state index contributed by atoms with van der Waals surface area (Å²) in [5.74, 6) is -0.0968. The topological polar surface area (TPSA) is 92.4 Å². The van der Waals surface area contributed by atoms with Gasteiger partial charge in [0.05, 0.1) is 28.3 Å². The maximum atomic E-state index is 13.1. The number of carbonyl (C=O) groups excluding carboxylic acids is 2. The van der Waals surface area contributed by atoms with Gasteiger partial charge in [-0.25, -0.2) is 4.98 Å². The van der Waals surface area contributed by atoms with Gasteiger partial charge in [-0.1, -0.05) is 18.2 Å². The molecule has 182 valence electrons. The minimum absolute atomic E-state index is 0. The van der Waals surface area contributed by atoms with Crippen LogP contribution in [0, 0.1) is 0 Å². The maximum Gasteiger partial charge on any atom is 0.259 e. The number of nitrogens with zero attached hydrogens (tertiary/aromatic N) is 3. The number of carbonyl (C=O) groups is 2. The van der Waals surface area contributed by atoms with Crippen LogP contribution in [0.15, 0.2) is 47.3 Å². The first kappa shape index (κ1) is 24.8. The average molecular weight is 514 g/mol. The molecule has 0 spiro atoms. The molecule has 8 nitrogen and oxygen atoms in total. The predicted octanol–water partition coefficient (Wildman–Crippen LogP) is 3.41. The van der Waals surface area contributed by atoms with E-state index in [0.717, 1.165) is 53.7 Å². The van der Waals surface area contributed by atoms with Crippen molar-refractivity contribution in [2.45, 2.75) is 13.0 Å². The molecule has 6 rings (SSSR count). The fraction of sp³-hybridized carbons (Fsp3) is 0.240. The monoisotopic (exact) mass is 513 g/mol. The van der Waals surface area contributed by atoms with Crippen LogP contribution in [0.4, 0.5) is 5.82 Å². The molecule has 2 N–H and O–H groups in total. The van der Waals surface area contributed by atoms with Crippen molar-refractivity contribution in [2.75, 3.05) is 32.1 Å². The van der Waals surface area contributed by atoms with Crippen LogP contribution in [-0.4, -0.2) is 48.6 Å². The van der Waals surface area contributed by atoms with Crippen molar-refractivity contribution in [3.05, 3.63) is 59.6 Å². The van der Waals surface area contributed by atoms with Crippen molar-refractivity contribution in [2.24, 2.45) is 0 Å². The SMILES string of the molecule is CN(C)c1ncc(C2=C(c3cn4c5c(cccc35)CCNCC4)C(=O)NC2=O)c2occc12.Cl.Cl. The van der Waals surface area contributed by atoms with E-state index in [9.17, 15) is 9.59 Å². The average Bonchev–Trinajstić information content (AvgIpc) is 3.47. The van der Waals surface area contributed by atoms with Gasteiger partial charge in [0, 0.05) is 56.1 Å². The van der Waals surface area contributed by atoms with Crippen molar-refractivity contribution in [3.8, 4) is 0 Å². The number of amides is 2. The fourth-order valence-corrected chi connectivity index (χ4v) is 5.01. The molecular weight excluding hydrogens is 489 g/mol. The smallest absolute Gasteiger partial charge is 0.259 e. The summed E-state index contributed by atoms with van der Waals surface area (Å²) in [7, 11) is 3.80. The van der Waals surface area contributed by atoms with Gasteiger partial charge in [0.2, 0.25) is 0 Å². The van der Waals surface area contributed by atoms with Gasteiger partial charge in [0.1, 0.15) is 11.4 Å². The molecule has 10 heteroatoms. The third-order valence-corrected chi connectivity index (χ3v) is 6.44. The highest BCUT2D eigenvalue weighted by molar-refractivity contribution is 6.50. The molecule has 0 bridgehead atoms. The van der Waals surface area contributed by atoms with Gasteiger partial charge in [-0.2, -0.15) is 0 Å². The van der Waals surface area contributed by atoms with Crippen LogP contribution in [0.5, 0.6) is 0 Å². The lowest BCUT2D eigenvalue weighted by molar-refractivity contribution is -0.122. The minimum atomic E-state index is -0.435. The number of benzene rings is 1. The Morgan fingerprint density at radius 2 is 1.77 bits per heavy atom. The highest BCUT2D eigenvalue weighted by Crippen LogP contribution is 2.40. The Morgan fingerprint density at radius 3 is 2.54 bits per heavy atom. The number of para-hydroxylation sites is 1. The number of imide groups is 1. The number of hydrogen-bond donors (Lipinski definition) is 2. The van der Waals surface area contributed by atoms with Crippen LogP contribution in [0.25, 0.3) is 33.0 Å². The summed E-state index contributed by atoms with van der Waals surface area (Å²) in [4.78, 5) is 32.7. The number of furan rings is 1. The lowest BCUT2D eigenvalue weighted by atomic mass is 9.95. The van der Waals surface area contributed by atoms with E-state index < -0.39 is 11.8 Å². The number of hydrogen-bond acceptors (Lipinski definition) is 6. The van der Waals surface area contributed by atoms with Crippen molar-refractivity contribution in [1.29, 1.82) is 0 Å². The number of aromatic nitrogens is 2. The number of pyridine rings is 1. The minimum Gasteiger partial charge on any atom is -0.463 e. The van der Waals surface area contributed by atoms with E-state index in [-0.39, 0.29) is 24.8 Å². The van der Waals surface area contributed by atoms with Gasteiger partial charge in [0.15, 0.2) is 0 Å². The van der Waals surface area contributed by atoms with E-state index >= 15 is 0 Å². The van der Waals surface area contributed by atoms with Crippen LogP contribution in [0.1, 0.15) is 16.7 Å². The van der Waals surface area contributed by atoms with E-state index in [1.165, 1.54) is 5.56 Å². The van der Waals surface area contributed by atoms with Gasteiger partial charge in [-0.05, 0) is 24.6 Å². The van der Waals surface area contributed by atoms with Crippen LogP contribution in [0.2, 0.25) is 0 Å². The lowest BCUT2D eigenvalue weighted by Crippen LogP contribution is -2.24. The quantitative estimate of drug-likeness (QED) is 0.408. The Morgan fingerprint density at radius 1 is 1.00 bits per heavy atom. The molecule has 3 aromatic heterocycles. The number of rotatable bonds is 3. The molecule has 2 aliphatic rings. The molecule has 0 saturated heterocycles. The Labute approximate surface area is 214 Å². The highest BCUT2D eigenvalue weighted by Gasteiger charge is 2.36. The molecule has 0 atom stereocenters. The molecule has 0 aliphatic carbocycles. The van der Waals surface area contributed by atoms with Crippen molar-refractivity contribution in [1.82, 2.24) is 20.2 Å². The third-order valence-electron chi connectivity index (χ3n) is 6.44. The number of fused-ring (bicyclic) bond motifs is 1. The third kappa shape index (κ3) is 3.78. The summed E-state index contributed by atoms with van der Waals surface area (Å²) in [6.45, 7) is 2.54. The van der Waals surface area contributed by atoms with E-state index in [1.54, 1.807) is 12.5 Å². The van der Waals surface area contributed by atoms with Gasteiger partial charge in [0.25, 0.3) is 11.8 Å². The van der Waals surface area contributed by atoms with Gasteiger partial charge >= 0.3 is 0 Å². The van der Waals surface area contributed by atoms with Gasteiger partial charge in [-0.15, -0.1) is 24.8 Å². The molecule has 0 saturated carbocycles. The zero-order chi connectivity index (χ0) is 22.7. The summed E-state index contributed by atoms with van der Waals surface area (Å²) in [5, 5.41) is 7.71. The molecule has 2 aliphatic heterocycles. The normalized spacial score (nSPS) is 15.5. The van der Waals surface area contributed by atoms with E-state index in [0.29, 0.717) is 22.3 Å². The van der Waals surface area contributed by atoms with Crippen LogP contribution in [0.3, 0.4) is 0 Å². The van der Waals surface area contributed by atoms with Crippen LogP contribution < -0.4 is 15.5 Å². The van der Waals surface area contributed by atoms with Crippen molar-refractivity contribution < 1.29 is 14.0 Å². The first-order valence-corrected chi connectivity index (χ1v) is 11.0. The molecule has 1 aromatic carbocycles. The predicted molar refractivity (Wildman–Crippen MR) is 141 cm³/mol. The molecule has 5 heterocycles. The van der Waals surface area contributed by atoms with Crippen LogP contribution >= 0.6 is 24.8 Å². The van der Waals surface area contributed by atoms with Crippen molar-refractivity contribution >= 4 is 75.5 Å². The van der Waals surface area contributed by atoms with Crippen molar-refractivity contribution in [3.63, 3.8) is 0 Å². The molecular formula is C25H25Cl2N5O3. The molecule has 4 aromatic rings. The zero-order valence-corrected chi connectivity index (χ0v) is 20.9. The summed E-state index contributed by atoms with van der Waals surface area (Å²) in [6.07, 6.45) is 6.10. The molecule has 35 heavy (non-hydrogen) atoms. The van der Waals surface area contributed by atoms with E-state index in [1.807, 2.05) is 43.4 Å². The second-order valence-electron chi connectivity index (χ2n) is 8.64. The van der Waals surface area contributed by atoms with E-state index in [2.05, 4.69) is 26.3 Å². The lowest BCUT2D eigenvalue weighted by Gasteiger charge is -2.14. The summed E-state index contributed by atoms with van der Waals surface area (Å²) < 4.78 is 7.97.